The molecule has 2 amide bonds. The molecule has 0 bridgehead atoms. The van der Waals surface area contributed by atoms with Crippen molar-refractivity contribution in [3.05, 3.63) is 40.9 Å². The van der Waals surface area contributed by atoms with E-state index in [1.165, 1.54) is 0 Å². The van der Waals surface area contributed by atoms with Gasteiger partial charge in [0, 0.05) is 12.6 Å². The van der Waals surface area contributed by atoms with Crippen molar-refractivity contribution >= 4 is 50.6 Å². The Labute approximate surface area is 169 Å². The molecular formula is C20H17N3O5S. The first-order valence-corrected chi connectivity index (χ1v) is 9.95. The maximum Gasteiger partial charge on any atom is 0.348 e. The number of thiophene rings is 1. The van der Waals surface area contributed by atoms with E-state index in [-0.39, 0.29) is 11.0 Å². The number of pyridine rings is 1. The van der Waals surface area contributed by atoms with Gasteiger partial charge in [-0.2, -0.15) is 0 Å². The van der Waals surface area contributed by atoms with Gasteiger partial charge in [0.2, 0.25) is 0 Å². The van der Waals surface area contributed by atoms with Crippen LogP contribution >= 0.6 is 11.3 Å². The fourth-order valence-electron chi connectivity index (χ4n) is 3.72. The molecular weight excluding hydrogens is 394 g/mol. The molecule has 5 rings (SSSR count). The Balaban J connectivity index is 1.57. The fourth-order valence-corrected chi connectivity index (χ4v) is 4.68. The fraction of sp³-hybridized carbons (Fsp3) is 0.250. The average molecular weight is 411 g/mol. The van der Waals surface area contributed by atoms with Crippen LogP contribution in [0, 0.1) is 6.92 Å². The number of hydrogen-bond donors (Lipinski definition) is 2. The smallest absolute Gasteiger partial charge is 0.348 e. The lowest BCUT2D eigenvalue weighted by atomic mass is 10.1. The van der Waals surface area contributed by atoms with Gasteiger partial charge in [-0.3, -0.25) is 4.90 Å². The second-order valence-electron chi connectivity index (χ2n) is 6.94. The summed E-state index contributed by atoms with van der Waals surface area (Å²) < 4.78 is 11.3. The van der Waals surface area contributed by atoms with Crippen molar-refractivity contribution < 1.29 is 24.2 Å². The van der Waals surface area contributed by atoms with E-state index in [0.717, 1.165) is 29.1 Å². The Bertz CT molecular complexity index is 1150. The lowest BCUT2D eigenvalue weighted by molar-refractivity contribution is 0.0703. The summed E-state index contributed by atoms with van der Waals surface area (Å²) in [6, 6.07) is 6.88. The second kappa shape index (κ2) is 6.71. The molecule has 2 aromatic heterocycles. The minimum atomic E-state index is -1.09. The van der Waals surface area contributed by atoms with Gasteiger partial charge in [-0.25, -0.2) is 14.6 Å². The van der Waals surface area contributed by atoms with E-state index < -0.39 is 12.0 Å². The number of rotatable bonds is 4. The topological polar surface area (TPSA) is 101 Å². The normalized spacial score (nSPS) is 18.2. The minimum absolute atomic E-state index is 0.0427. The van der Waals surface area contributed by atoms with Crippen molar-refractivity contribution in [2.45, 2.75) is 19.4 Å². The number of aromatic carboxylic acids is 1. The van der Waals surface area contributed by atoms with Crippen LogP contribution in [0.3, 0.4) is 0 Å². The van der Waals surface area contributed by atoms with Crippen LogP contribution in [0.2, 0.25) is 0 Å². The third kappa shape index (κ3) is 2.90. The molecule has 2 N–H and O–H groups in total. The Morgan fingerprint density at radius 3 is 2.97 bits per heavy atom. The maximum atomic E-state index is 12.9. The predicted molar refractivity (Wildman–Crippen MR) is 109 cm³/mol. The first kappa shape index (κ1) is 17.9. The molecule has 29 heavy (non-hydrogen) atoms. The molecule has 9 heteroatoms. The standard InChI is InChI=1S/C20H17N3O5S/c1-10-8-11(28-12-5-7-27-9-12)2-3-13(10)23-14-4-6-21-18-15(14)16(22-20(23)26)17(29-18)19(24)25/h2-4,6,8,12H,5,7,9H2,1H3,(H,22,26)(H,24,25). The molecule has 1 fully saturated rings. The van der Waals surface area contributed by atoms with Crippen LogP contribution in [0.15, 0.2) is 30.5 Å². The largest absolute Gasteiger partial charge is 0.488 e. The van der Waals surface area contributed by atoms with Crippen LogP contribution < -0.4 is 15.0 Å². The van der Waals surface area contributed by atoms with Gasteiger partial charge in [0.15, 0.2) is 0 Å². The highest BCUT2D eigenvalue weighted by Crippen LogP contribution is 2.46. The van der Waals surface area contributed by atoms with Gasteiger partial charge < -0.3 is 19.9 Å². The van der Waals surface area contributed by atoms with Crippen molar-refractivity contribution in [3.8, 4) is 5.75 Å². The first-order chi connectivity index (χ1) is 14.0. The number of nitrogens with zero attached hydrogens (tertiary/aromatic N) is 2. The Kier molecular flexibility index (Phi) is 4.14. The summed E-state index contributed by atoms with van der Waals surface area (Å²) in [6.07, 6.45) is 2.49. The number of nitrogens with one attached hydrogen (secondary N) is 1. The average Bonchev–Trinajstić information content (AvgIpc) is 3.32. The molecule has 148 valence electrons. The number of aryl methyl sites for hydroxylation is 1. The monoisotopic (exact) mass is 411 g/mol. The van der Waals surface area contributed by atoms with Gasteiger partial charge in [0.05, 0.1) is 35.7 Å². The third-order valence-electron chi connectivity index (χ3n) is 5.04. The Morgan fingerprint density at radius 2 is 2.24 bits per heavy atom. The number of amides is 2. The summed E-state index contributed by atoms with van der Waals surface area (Å²) >= 11 is 1.05. The van der Waals surface area contributed by atoms with E-state index in [2.05, 4.69) is 10.3 Å². The highest BCUT2D eigenvalue weighted by molar-refractivity contribution is 7.21. The summed E-state index contributed by atoms with van der Waals surface area (Å²) in [4.78, 5) is 31.0. The molecule has 1 saturated heterocycles. The van der Waals surface area contributed by atoms with Crippen LogP contribution in [-0.2, 0) is 4.74 Å². The van der Waals surface area contributed by atoms with Gasteiger partial charge in [-0.15, -0.1) is 11.3 Å². The van der Waals surface area contributed by atoms with Gasteiger partial charge in [-0.1, -0.05) is 0 Å². The number of anilines is 3. The van der Waals surface area contributed by atoms with Gasteiger partial charge in [0.1, 0.15) is 21.6 Å². The zero-order chi connectivity index (χ0) is 20.1. The summed E-state index contributed by atoms with van der Waals surface area (Å²) in [6.45, 7) is 3.19. The van der Waals surface area contributed by atoms with Crippen molar-refractivity contribution in [1.29, 1.82) is 0 Å². The zero-order valence-corrected chi connectivity index (χ0v) is 16.3. The molecule has 0 aliphatic carbocycles. The highest BCUT2D eigenvalue weighted by atomic mass is 32.1. The number of carbonyl (C=O) groups excluding carboxylic acids is 1. The Morgan fingerprint density at radius 1 is 1.38 bits per heavy atom. The van der Waals surface area contributed by atoms with E-state index in [1.54, 1.807) is 17.2 Å². The van der Waals surface area contributed by atoms with Crippen molar-refractivity contribution in [2.24, 2.45) is 0 Å². The Hall–Kier alpha value is -3.17. The molecule has 3 aromatic rings. The zero-order valence-electron chi connectivity index (χ0n) is 15.5. The van der Waals surface area contributed by atoms with Crippen LogP contribution in [0.1, 0.15) is 21.7 Å². The summed E-state index contributed by atoms with van der Waals surface area (Å²) in [5.74, 6) is -0.361. The van der Waals surface area contributed by atoms with Crippen LogP contribution in [0.4, 0.5) is 21.9 Å². The molecule has 1 unspecified atom stereocenters. The minimum Gasteiger partial charge on any atom is -0.488 e. The molecule has 2 aliphatic rings. The molecule has 0 spiro atoms. The number of carbonyl (C=O) groups is 2. The highest BCUT2D eigenvalue weighted by Gasteiger charge is 2.33. The third-order valence-corrected chi connectivity index (χ3v) is 6.13. The van der Waals surface area contributed by atoms with E-state index in [9.17, 15) is 14.7 Å². The number of carboxylic acids is 1. The number of urea groups is 1. The van der Waals surface area contributed by atoms with Gasteiger partial charge in [-0.05, 0) is 36.8 Å². The SMILES string of the molecule is Cc1cc(OC2CCOC2)ccc1N1C(=O)Nc2c(C(=O)O)sc3nccc1c23. The van der Waals surface area contributed by atoms with E-state index >= 15 is 0 Å². The number of ether oxygens (including phenoxy) is 2. The van der Waals surface area contributed by atoms with Crippen LogP contribution in [0.5, 0.6) is 5.75 Å². The van der Waals surface area contributed by atoms with E-state index in [4.69, 9.17) is 9.47 Å². The van der Waals surface area contributed by atoms with Crippen LogP contribution in [-0.4, -0.2) is 41.4 Å². The molecule has 2 aliphatic heterocycles. The summed E-state index contributed by atoms with van der Waals surface area (Å²) in [7, 11) is 0. The molecule has 1 atom stereocenters. The summed E-state index contributed by atoms with van der Waals surface area (Å²) in [5, 5.41) is 12.8. The molecule has 1 aromatic carbocycles. The number of benzene rings is 1. The van der Waals surface area contributed by atoms with E-state index in [1.807, 2.05) is 25.1 Å². The van der Waals surface area contributed by atoms with Gasteiger partial charge >= 0.3 is 12.0 Å². The second-order valence-corrected chi connectivity index (χ2v) is 7.94. The molecule has 0 radical (unpaired) electrons. The predicted octanol–water partition coefficient (Wildman–Crippen LogP) is 4.15. The quantitative estimate of drug-likeness (QED) is 0.669. The summed E-state index contributed by atoms with van der Waals surface area (Å²) in [5.41, 5.74) is 2.47. The lowest BCUT2D eigenvalue weighted by Gasteiger charge is -2.29. The molecule has 8 nitrogen and oxygen atoms in total. The number of aromatic nitrogens is 1. The number of hydrogen-bond acceptors (Lipinski definition) is 6. The van der Waals surface area contributed by atoms with Crippen molar-refractivity contribution in [2.75, 3.05) is 23.4 Å². The van der Waals surface area contributed by atoms with Crippen molar-refractivity contribution in [3.63, 3.8) is 0 Å². The molecule has 0 saturated carbocycles. The van der Waals surface area contributed by atoms with Crippen LogP contribution in [0.25, 0.3) is 10.2 Å². The van der Waals surface area contributed by atoms with Gasteiger partial charge in [0.25, 0.3) is 0 Å². The molecule has 4 heterocycles. The lowest BCUT2D eigenvalue weighted by Crippen LogP contribution is -2.34. The first-order valence-electron chi connectivity index (χ1n) is 9.14. The maximum absolute atomic E-state index is 12.9. The van der Waals surface area contributed by atoms with E-state index in [0.29, 0.717) is 40.5 Å². The number of carboxylic acid groups (broad SMARTS) is 1. The van der Waals surface area contributed by atoms with Crippen molar-refractivity contribution in [1.82, 2.24) is 4.98 Å².